The van der Waals surface area contributed by atoms with Crippen LogP contribution in [0.4, 0.5) is 0 Å². The third kappa shape index (κ3) is 2.99. The van der Waals surface area contributed by atoms with Crippen LogP contribution >= 0.6 is 0 Å². The fourth-order valence-electron chi connectivity index (χ4n) is 3.97. The van der Waals surface area contributed by atoms with E-state index >= 15 is 0 Å². The number of nitrogens with zero attached hydrogens (tertiary/aromatic N) is 1. The molecule has 114 valence electrons. The van der Waals surface area contributed by atoms with Crippen LogP contribution in [-0.4, -0.2) is 35.3 Å². The van der Waals surface area contributed by atoms with Crippen molar-refractivity contribution in [1.82, 2.24) is 10.2 Å². The predicted molar refractivity (Wildman–Crippen MR) is 79.1 cm³/mol. The molecule has 0 spiro atoms. The van der Waals surface area contributed by atoms with Gasteiger partial charge < -0.3 is 10.2 Å². The van der Waals surface area contributed by atoms with Crippen LogP contribution in [0.2, 0.25) is 0 Å². The molecule has 1 saturated carbocycles. The lowest BCUT2D eigenvalue weighted by Gasteiger charge is -2.42. The second-order valence-electron chi connectivity index (χ2n) is 7.18. The summed E-state index contributed by atoms with van der Waals surface area (Å²) < 4.78 is 0. The lowest BCUT2D eigenvalue weighted by Crippen LogP contribution is -2.63. The highest BCUT2D eigenvalue weighted by molar-refractivity contribution is 5.96. The topological polar surface area (TPSA) is 49.4 Å². The summed E-state index contributed by atoms with van der Waals surface area (Å²) in [6, 6.07) is -0.709. The number of nitrogens with one attached hydrogen (secondary N) is 1. The molecule has 0 bridgehead atoms. The van der Waals surface area contributed by atoms with Gasteiger partial charge in [-0.15, -0.1) is 0 Å². The summed E-state index contributed by atoms with van der Waals surface area (Å²) >= 11 is 0. The molecule has 2 unspecified atom stereocenters. The zero-order chi connectivity index (χ0) is 14.9. The predicted octanol–water partition coefficient (Wildman–Crippen LogP) is 2.33. The van der Waals surface area contributed by atoms with Crippen molar-refractivity contribution < 1.29 is 9.59 Å². The maximum absolute atomic E-state index is 12.4. The molecule has 2 atom stereocenters. The zero-order valence-electron chi connectivity index (χ0n) is 13.2. The maximum Gasteiger partial charge on any atom is 0.245 e. The fourth-order valence-corrected chi connectivity index (χ4v) is 3.97. The van der Waals surface area contributed by atoms with Crippen LogP contribution in [0.5, 0.6) is 0 Å². The quantitative estimate of drug-likeness (QED) is 0.859. The minimum Gasteiger partial charge on any atom is -0.343 e. The lowest BCUT2D eigenvalue weighted by atomic mass is 9.77. The van der Waals surface area contributed by atoms with Gasteiger partial charge in [0.25, 0.3) is 0 Å². The minimum absolute atomic E-state index is 0.0187. The molecule has 20 heavy (non-hydrogen) atoms. The number of piperazine rings is 1. The molecule has 2 fully saturated rings. The van der Waals surface area contributed by atoms with Crippen molar-refractivity contribution in [2.75, 3.05) is 6.54 Å². The van der Waals surface area contributed by atoms with Gasteiger partial charge in [-0.2, -0.15) is 0 Å². The zero-order valence-corrected chi connectivity index (χ0v) is 13.2. The third-order valence-corrected chi connectivity index (χ3v) is 4.87. The van der Waals surface area contributed by atoms with Gasteiger partial charge in [-0.05, 0) is 44.4 Å². The molecule has 1 aliphatic carbocycles. The summed E-state index contributed by atoms with van der Waals surface area (Å²) in [6.07, 6.45) is 6.05. The van der Waals surface area contributed by atoms with Gasteiger partial charge in [0, 0.05) is 6.54 Å². The maximum atomic E-state index is 12.4. The van der Waals surface area contributed by atoms with Crippen LogP contribution in [-0.2, 0) is 9.59 Å². The molecule has 1 aliphatic heterocycles. The molecule has 4 nitrogen and oxygen atoms in total. The first kappa shape index (κ1) is 15.3. The van der Waals surface area contributed by atoms with Gasteiger partial charge in [0.05, 0.1) is 0 Å². The van der Waals surface area contributed by atoms with Gasteiger partial charge in [0.2, 0.25) is 11.8 Å². The van der Waals surface area contributed by atoms with Gasteiger partial charge in [-0.3, -0.25) is 9.59 Å². The Bertz CT molecular complexity index is 386. The highest BCUT2D eigenvalue weighted by atomic mass is 16.2. The first-order valence-electron chi connectivity index (χ1n) is 7.95. The second kappa shape index (κ2) is 5.74. The molecule has 0 aromatic carbocycles. The Balaban J connectivity index is 2.16. The van der Waals surface area contributed by atoms with Crippen molar-refractivity contribution in [1.29, 1.82) is 0 Å². The Morgan fingerprint density at radius 2 is 1.85 bits per heavy atom. The highest BCUT2D eigenvalue weighted by Crippen LogP contribution is 2.44. The van der Waals surface area contributed by atoms with E-state index in [4.69, 9.17) is 0 Å². The van der Waals surface area contributed by atoms with Gasteiger partial charge in [0.1, 0.15) is 12.1 Å². The molecule has 0 aromatic heterocycles. The normalized spacial score (nSPS) is 29.9. The van der Waals surface area contributed by atoms with E-state index in [1.165, 1.54) is 25.7 Å². The Hall–Kier alpha value is -1.06. The average molecular weight is 280 g/mol. The number of carbonyl (C=O) groups is 2. The highest BCUT2D eigenvalue weighted by Gasteiger charge is 2.42. The van der Waals surface area contributed by atoms with Gasteiger partial charge in [-0.1, -0.05) is 26.7 Å². The summed E-state index contributed by atoms with van der Waals surface area (Å²) in [6.45, 7) is 8.87. The molecule has 2 aliphatic rings. The Labute approximate surface area is 122 Å². The van der Waals surface area contributed by atoms with Crippen molar-refractivity contribution >= 4 is 11.8 Å². The lowest BCUT2D eigenvalue weighted by molar-refractivity contribution is -0.150. The molecule has 0 radical (unpaired) electrons. The third-order valence-electron chi connectivity index (χ3n) is 4.87. The smallest absolute Gasteiger partial charge is 0.245 e. The van der Waals surface area contributed by atoms with Crippen LogP contribution in [0.1, 0.15) is 59.8 Å². The monoisotopic (exact) mass is 280 g/mol. The van der Waals surface area contributed by atoms with E-state index < -0.39 is 0 Å². The summed E-state index contributed by atoms with van der Waals surface area (Å²) in [5.41, 5.74) is 0.232. The molecular weight excluding hydrogens is 252 g/mol. The Morgan fingerprint density at radius 3 is 2.40 bits per heavy atom. The van der Waals surface area contributed by atoms with Crippen molar-refractivity contribution in [2.45, 2.75) is 71.9 Å². The van der Waals surface area contributed by atoms with Crippen LogP contribution in [0.25, 0.3) is 0 Å². The molecule has 2 amide bonds. The van der Waals surface area contributed by atoms with Crippen molar-refractivity contribution in [3.63, 3.8) is 0 Å². The van der Waals surface area contributed by atoms with E-state index in [1.54, 1.807) is 6.92 Å². The first-order valence-corrected chi connectivity index (χ1v) is 7.95. The Morgan fingerprint density at radius 1 is 1.25 bits per heavy atom. The molecular formula is C16H28N2O2. The molecule has 0 aromatic rings. The van der Waals surface area contributed by atoms with E-state index in [0.29, 0.717) is 5.92 Å². The standard InChI is InChI=1S/C16H28N2O2/c1-11(2)9-16(7-5-6-8-16)10-18-13(4)14(19)17-12(3)15(18)20/h11-13H,5-10H2,1-4H3,(H,17,19). The van der Waals surface area contributed by atoms with Gasteiger partial charge >= 0.3 is 0 Å². The van der Waals surface area contributed by atoms with Crippen LogP contribution in [0, 0.1) is 11.3 Å². The molecule has 1 heterocycles. The SMILES string of the molecule is CC(C)CC1(CN2C(=O)C(C)NC(=O)C2C)CCCC1. The van der Waals surface area contributed by atoms with Crippen LogP contribution in [0.15, 0.2) is 0 Å². The van der Waals surface area contributed by atoms with Crippen LogP contribution < -0.4 is 5.32 Å². The summed E-state index contributed by atoms with van der Waals surface area (Å²) in [4.78, 5) is 26.2. The van der Waals surface area contributed by atoms with E-state index in [-0.39, 0.29) is 29.3 Å². The fraction of sp³-hybridized carbons (Fsp3) is 0.875. The number of hydrogen-bond acceptors (Lipinski definition) is 2. The van der Waals surface area contributed by atoms with Crippen molar-refractivity contribution in [3.05, 3.63) is 0 Å². The van der Waals surface area contributed by atoms with E-state index in [1.807, 2.05) is 11.8 Å². The van der Waals surface area contributed by atoms with Gasteiger partial charge in [-0.25, -0.2) is 0 Å². The summed E-state index contributed by atoms with van der Waals surface area (Å²) in [7, 11) is 0. The van der Waals surface area contributed by atoms with Crippen LogP contribution in [0.3, 0.4) is 0 Å². The van der Waals surface area contributed by atoms with Gasteiger partial charge in [0.15, 0.2) is 0 Å². The van der Waals surface area contributed by atoms with E-state index in [0.717, 1.165) is 13.0 Å². The number of rotatable bonds is 4. The van der Waals surface area contributed by atoms with Crippen molar-refractivity contribution in [3.8, 4) is 0 Å². The number of carbonyl (C=O) groups excluding carboxylic acids is 2. The minimum atomic E-state index is -0.379. The average Bonchev–Trinajstić information content (AvgIpc) is 2.80. The molecule has 1 saturated heterocycles. The van der Waals surface area contributed by atoms with Crippen molar-refractivity contribution in [2.24, 2.45) is 11.3 Å². The van der Waals surface area contributed by atoms with E-state index in [9.17, 15) is 9.59 Å². The Kier molecular flexibility index (Phi) is 4.40. The largest absolute Gasteiger partial charge is 0.343 e. The second-order valence-corrected chi connectivity index (χ2v) is 7.18. The molecule has 2 rings (SSSR count). The molecule has 1 N–H and O–H groups in total. The number of hydrogen-bond donors (Lipinski definition) is 1. The summed E-state index contributed by atoms with van der Waals surface area (Å²) in [5.74, 6) is 0.691. The van der Waals surface area contributed by atoms with E-state index in [2.05, 4.69) is 19.2 Å². The number of amides is 2. The first-order chi connectivity index (χ1) is 9.34. The molecule has 4 heteroatoms. The summed E-state index contributed by atoms with van der Waals surface area (Å²) in [5, 5.41) is 2.76.